The van der Waals surface area contributed by atoms with Crippen LogP contribution in [-0.4, -0.2) is 67.4 Å². The molecule has 1 atom stereocenters. The molecule has 0 aliphatic carbocycles. The van der Waals surface area contributed by atoms with Gasteiger partial charge in [0, 0.05) is 37.3 Å². The summed E-state index contributed by atoms with van der Waals surface area (Å²) >= 11 is 0. The van der Waals surface area contributed by atoms with Crippen LogP contribution in [0.2, 0.25) is 0 Å². The summed E-state index contributed by atoms with van der Waals surface area (Å²) < 4.78 is 27.3. The van der Waals surface area contributed by atoms with Crippen LogP contribution in [0, 0.1) is 12.8 Å². The maximum absolute atomic E-state index is 13.2. The molecule has 1 aliphatic heterocycles. The Balaban J connectivity index is 1.65. The van der Waals surface area contributed by atoms with Gasteiger partial charge in [0.1, 0.15) is 6.04 Å². The number of aryl methyl sites for hydroxylation is 1. The highest BCUT2D eigenvalue weighted by Crippen LogP contribution is 2.19. The number of ketones is 1. The van der Waals surface area contributed by atoms with Crippen molar-refractivity contribution >= 4 is 27.6 Å². The molecule has 9 heteroatoms. The minimum atomic E-state index is -3.73. The minimum Gasteiger partial charge on any atom is -0.340 e. The molecule has 3 rings (SSSR count). The molecule has 1 N–H and O–H groups in total. The van der Waals surface area contributed by atoms with Crippen LogP contribution < -0.4 is 5.32 Å². The normalized spacial score (nSPS) is 15.7. The van der Waals surface area contributed by atoms with E-state index in [4.69, 9.17) is 0 Å². The third-order valence-electron chi connectivity index (χ3n) is 5.98. The Morgan fingerprint density at radius 2 is 1.38 bits per heavy atom. The maximum Gasteiger partial charge on any atom is 0.251 e. The molecule has 8 nitrogen and oxygen atoms in total. The van der Waals surface area contributed by atoms with Gasteiger partial charge in [-0.3, -0.25) is 14.4 Å². The number of carbonyl (C=O) groups excluding carboxylic acids is 3. The van der Waals surface area contributed by atoms with Crippen molar-refractivity contribution in [2.75, 3.05) is 26.2 Å². The quantitative estimate of drug-likeness (QED) is 0.607. The van der Waals surface area contributed by atoms with Crippen molar-refractivity contribution in [3.63, 3.8) is 0 Å². The van der Waals surface area contributed by atoms with Crippen LogP contribution in [0.15, 0.2) is 53.4 Å². The van der Waals surface area contributed by atoms with Crippen molar-refractivity contribution in [3.8, 4) is 0 Å². The fraction of sp³-hybridized carbons (Fsp3) is 0.400. The Labute approximate surface area is 201 Å². The smallest absolute Gasteiger partial charge is 0.251 e. The maximum atomic E-state index is 13.2. The molecule has 0 bridgehead atoms. The van der Waals surface area contributed by atoms with Crippen molar-refractivity contribution in [2.45, 2.75) is 38.6 Å². The van der Waals surface area contributed by atoms with E-state index in [1.165, 1.54) is 35.5 Å². The van der Waals surface area contributed by atoms with Crippen molar-refractivity contribution in [1.29, 1.82) is 0 Å². The number of amides is 2. The predicted octanol–water partition coefficient (Wildman–Crippen LogP) is 2.49. The highest BCUT2D eigenvalue weighted by atomic mass is 32.2. The second-order valence-electron chi connectivity index (χ2n) is 8.87. The number of benzene rings is 2. The van der Waals surface area contributed by atoms with E-state index in [0.29, 0.717) is 11.1 Å². The third-order valence-corrected chi connectivity index (χ3v) is 7.89. The third kappa shape index (κ3) is 5.71. The number of carbonyl (C=O) groups is 3. The van der Waals surface area contributed by atoms with Gasteiger partial charge in [-0.1, -0.05) is 43.7 Å². The molecule has 2 amide bonds. The number of nitrogens with zero attached hydrogens (tertiary/aromatic N) is 2. The second-order valence-corrected chi connectivity index (χ2v) is 10.8. The monoisotopic (exact) mass is 485 g/mol. The highest BCUT2D eigenvalue weighted by molar-refractivity contribution is 7.89. The Bertz CT molecular complexity index is 1150. The number of hydrogen-bond donors (Lipinski definition) is 1. The SMILES string of the molecule is CC(=O)c1ccc(S(=O)(=O)N2CCN(C(=O)[C@@H](NC(=O)c3ccc(C)cc3)C(C)C)CC2)cc1. The van der Waals surface area contributed by atoms with Gasteiger partial charge in [-0.25, -0.2) is 8.42 Å². The first kappa shape index (κ1) is 25.6. The van der Waals surface area contributed by atoms with E-state index in [-0.39, 0.29) is 54.6 Å². The van der Waals surface area contributed by atoms with Crippen LogP contribution >= 0.6 is 0 Å². The van der Waals surface area contributed by atoms with E-state index < -0.39 is 16.1 Å². The number of piperazine rings is 1. The summed E-state index contributed by atoms with van der Waals surface area (Å²) in [6, 6.07) is 12.3. The molecule has 0 saturated carbocycles. The summed E-state index contributed by atoms with van der Waals surface area (Å²) in [5.41, 5.74) is 1.97. The molecular formula is C25H31N3O5S. The van der Waals surface area contributed by atoms with E-state index in [1.54, 1.807) is 17.0 Å². The Morgan fingerprint density at radius 3 is 1.88 bits per heavy atom. The van der Waals surface area contributed by atoms with Crippen LogP contribution in [0.5, 0.6) is 0 Å². The van der Waals surface area contributed by atoms with Crippen molar-refractivity contribution < 1.29 is 22.8 Å². The highest BCUT2D eigenvalue weighted by Gasteiger charge is 2.34. The number of nitrogens with one attached hydrogen (secondary N) is 1. The molecule has 2 aromatic carbocycles. The van der Waals surface area contributed by atoms with Crippen molar-refractivity contribution in [3.05, 3.63) is 65.2 Å². The molecule has 0 unspecified atom stereocenters. The van der Waals surface area contributed by atoms with Crippen LogP contribution in [0.4, 0.5) is 0 Å². The van der Waals surface area contributed by atoms with Gasteiger partial charge in [-0.05, 0) is 44.0 Å². The van der Waals surface area contributed by atoms with Gasteiger partial charge in [0.2, 0.25) is 15.9 Å². The summed E-state index contributed by atoms with van der Waals surface area (Å²) in [5.74, 6) is -0.811. The molecule has 2 aromatic rings. The molecule has 1 saturated heterocycles. The molecule has 0 radical (unpaired) electrons. The zero-order valence-corrected chi connectivity index (χ0v) is 20.8. The van der Waals surface area contributed by atoms with Crippen LogP contribution in [0.1, 0.15) is 47.1 Å². The average molecular weight is 486 g/mol. The van der Waals surface area contributed by atoms with E-state index in [2.05, 4.69) is 5.32 Å². The van der Waals surface area contributed by atoms with Gasteiger partial charge in [0.15, 0.2) is 5.78 Å². The van der Waals surface area contributed by atoms with Gasteiger partial charge in [-0.15, -0.1) is 0 Å². The van der Waals surface area contributed by atoms with E-state index >= 15 is 0 Å². The summed E-state index contributed by atoms with van der Waals surface area (Å²) in [4.78, 5) is 39.0. The first-order chi connectivity index (χ1) is 16.0. The van der Waals surface area contributed by atoms with Gasteiger partial charge in [0.25, 0.3) is 5.91 Å². The lowest BCUT2D eigenvalue weighted by Gasteiger charge is -2.36. The first-order valence-corrected chi connectivity index (χ1v) is 12.7. The van der Waals surface area contributed by atoms with Crippen molar-refractivity contribution in [1.82, 2.24) is 14.5 Å². The topological polar surface area (TPSA) is 104 Å². The van der Waals surface area contributed by atoms with E-state index in [0.717, 1.165) is 5.56 Å². The first-order valence-electron chi connectivity index (χ1n) is 11.3. The molecule has 0 spiro atoms. The summed E-state index contributed by atoms with van der Waals surface area (Å²) in [6.45, 7) is 7.85. The summed E-state index contributed by atoms with van der Waals surface area (Å²) in [7, 11) is -3.73. The molecule has 182 valence electrons. The van der Waals surface area contributed by atoms with E-state index in [1.807, 2.05) is 32.9 Å². The lowest BCUT2D eigenvalue weighted by molar-refractivity contribution is -0.135. The van der Waals surface area contributed by atoms with Gasteiger partial charge < -0.3 is 10.2 Å². The number of rotatable bonds is 7. The molecule has 34 heavy (non-hydrogen) atoms. The van der Waals surface area contributed by atoms with E-state index in [9.17, 15) is 22.8 Å². The fourth-order valence-corrected chi connectivity index (χ4v) is 5.22. The number of Topliss-reactive ketones (excluding diaryl/α,β-unsaturated/α-hetero) is 1. The minimum absolute atomic E-state index is 0.114. The number of hydrogen-bond acceptors (Lipinski definition) is 5. The fourth-order valence-electron chi connectivity index (χ4n) is 3.80. The Morgan fingerprint density at radius 1 is 0.853 bits per heavy atom. The van der Waals surface area contributed by atoms with Crippen LogP contribution in [-0.2, 0) is 14.8 Å². The van der Waals surface area contributed by atoms with Crippen molar-refractivity contribution in [2.24, 2.45) is 5.92 Å². The molecule has 1 fully saturated rings. The molecule has 1 heterocycles. The van der Waals surface area contributed by atoms with Gasteiger partial charge >= 0.3 is 0 Å². The predicted molar refractivity (Wildman–Crippen MR) is 129 cm³/mol. The molecule has 0 aromatic heterocycles. The largest absolute Gasteiger partial charge is 0.340 e. The Kier molecular flexibility index (Phi) is 7.89. The van der Waals surface area contributed by atoms with Gasteiger partial charge in [-0.2, -0.15) is 4.31 Å². The average Bonchev–Trinajstić information content (AvgIpc) is 2.82. The lowest BCUT2D eigenvalue weighted by Crippen LogP contribution is -2.57. The van der Waals surface area contributed by atoms with Crippen LogP contribution in [0.25, 0.3) is 0 Å². The number of sulfonamides is 1. The zero-order valence-electron chi connectivity index (χ0n) is 19.9. The molecule has 1 aliphatic rings. The summed E-state index contributed by atoms with van der Waals surface area (Å²) in [5, 5.41) is 2.84. The zero-order chi connectivity index (χ0) is 25.0. The second kappa shape index (κ2) is 10.5. The van der Waals surface area contributed by atoms with Gasteiger partial charge in [0.05, 0.1) is 4.90 Å². The summed E-state index contributed by atoms with van der Waals surface area (Å²) in [6.07, 6.45) is 0. The molecular weight excluding hydrogens is 454 g/mol. The lowest BCUT2D eigenvalue weighted by atomic mass is 10.0. The van der Waals surface area contributed by atoms with Crippen LogP contribution in [0.3, 0.4) is 0 Å². The Hall–Kier alpha value is -3.04. The standard InChI is InChI=1S/C25H31N3O5S/c1-17(2)23(26-24(30)21-7-5-18(3)6-8-21)25(31)27-13-15-28(16-14-27)34(32,33)22-11-9-20(10-12-22)19(4)29/h5-12,17,23H,13-16H2,1-4H3,(H,26,30)/t23-/m0/s1.